The van der Waals surface area contributed by atoms with Gasteiger partial charge in [-0.3, -0.25) is 10.1 Å². The van der Waals surface area contributed by atoms with E-state index in [2.05, 4.69) is 17.2 Å². The van der Waals surface area contributed by atoms with E-state index in [0.29, 0.717) is 0 Å². The van der Waals surface area contributed by atoms with Crippen molar-refractivity contribution < 1.29 is 9.66 Å². The Hall–Kier alpha value is -3.78. The number of anilines is 1. The van der Waals surface area contributed by atoms with Crippen molar-refractivity contribution in [3.8, 4) is 17.6 Å². The van der Waals surface area contributed by atoms with Gasteiger partial charge in [-0.1, -0.05) is 30.0 Å². The van der Waals surface area contributed by atoms with Gasteiger partial charge in [0.2, 0.25) is 0 Å². The molecular weight excluding hydrogens is 340 g/mol. The Labute approximate surface area is 157 Å². The average Bonchev–Trinajstić information content (AvgIpc) is 2.72. The molecule has 3 rings (SSSR count). The molecule has 0 unspecified atom stereocenters. The Morgan fingerprint density at radius 1 is 0.963 bits per heavy atom. The summed E-state index contributed by atoms with van der Waals surface area (Å²) in [4.78, 5) is 10.5. The molecule has 0 aliphatic rings. The first-order chi connectivity index (χ1) is 13.2. The summed E-state index contributed by atoms with van der Waals surface area (Å²) in [7, 11) is 1.62. The molecule has 1 atom stereocenters. The highest BCUT2D eigenvalue weighted by Gasteiger charge is 2.11. The third-order valence-electron chi connectivity index (χ3n) is 3.97. The molecule has 0 aliphatic carbocycles. The molecule has 0 saturated heterocycles. The van der Waals surface area contributed by atoms with E-state index in [-0.39, 0.29) is 11.7 Å². The smallest absolute Gasteiger partial charge is 0.269 e. The fourth-order valence-electron chi connectivity index (χ4n) is 2.52. The minimum atomic E-state index is -0.411. The van der Waals surface area contributed by atoms with Gasteiger partial charge in [0, 0.05) is 23.4 Å². The van der Waals surface area contributed by atoms with Crippen molar-refractivity contribution in [2.75, 3.05) is 12.4 Å². The molecule has 0 aliphatic heterocycles. The largest absolute Gasteiger partial charge is 0.497 e. The van der Waals surface area contributed by atoms with Crippen LogP contribution in [0.2, 0.25) is 0 Å². The molecule has 5 heteroatoms. The molecule has 3 aromatic carbocycles. The first kappa shape index (κ1) is 18.0. The highest BCUT2D eigenvalue weighted by atomic mass is 16.6. The van der Waals surface area contributed by atoms with Crippen molar-refractivity contribution in [2.24, 2.45) is 0 Å². The lowest BCUT2D eigenvalue weighted by Crippen LogP contribution is -2.09. The molecule has 0 radical (unpaired) electrons. The van der Waals surface area contributed by atoms with Gasteiger partial charge in [-0.15, -0.1) is 0 Å². The van der Waals surface area contributed by atoms with Crippen LogP contribution >= 0.6 is 0 Å². The van der Waals surface area contributed by atoms with E-state index in [1.54, 1.807) is 19.2 Å². The molecule has 0 fully saturated rings. The van der Waals surface area contributed by atoms with Crippen LogP contribution in [0.1, 0.15) is 17.2 Å². The van der Waals surface area contributed by atoms with Crippen LogP contribution in [-0.2, 0) is 0 Å². The second-order valence-electron chi connectivity index (χ2n) is 5.79. The summed E-state index contributed by atoms with van der Waals surface area (Å²) in [5.74, 6) is 7.13. The monoisotopic (exact) mass is 358 g/mol. The van der Waals surface area contributed by atoms with Crippen LogP contribution < -0.4 is 10.1 Å². The number of nitrogens with zero attached hydrogens (tertiary/aromatic N) is 1. The maximum atomic E-state index is 10.9. The van der Waals surface area contributed by atoms with Crippen LogP contribution in [0.25, 0.3) is 0 Å². The van der Waals surface area contributed by atoms with E-state index in [1.807, 2.05) is 54.6 Å². The lowest BCUT2D eigenvalue weighted by atomic mass is 10.1. The van der Waals surface area contributed by atoms with Crippen molar-refractivity contribution >= 4 is 11.4 Å². The number of nitro benzene ring substituents is 1. The molecular formula is C22H18N2O3. The van der Waals surface area contributed by atoms with Crippen molar-refractivity contribution in [1.29, 1.82) is 0 Å². The summed E-state index contributed by atoms with van der Waals surface area (Å²) < 4.78 is 5.18. The second-order valence-corrected chi connectivity index (χ2v) is 5.79. The fraction of sp³-hybridized carbons (Fsp3) is 0.0909. The van der Waals surface area contributed by atoms with E-state index < -0.39 is 4.92 Å². The summed E-state index contributed by atoms with van der Waals surface area (Å²) in [5.41, 5.74) is 2.68. The molecule has 5 nitrogen and oxygen atoms in total. The van der Waals surface area contributed by atoms with Crippen LogP contribution in [0.4, 0.5) is 11.4 Å². The number of rotatable bonds is 5. The van der Waals surface area contributed by atoms with Gasteiger partial charge in [-0.05, 0) is 54.1 Å². The lowest BCUT2D eigenvalue weighted by Gasteiger charge is -2.15. The first-order valence-electron chi connectivity index (χ1n) is 8.37. The number of nitro groups is 1. The molecule has 0 saturated carbocycles. The van der Waals surface area contributed by atoms with Crippen LogP contribution in [-0.4, -0.2) is 12.0 Å². The minimum absolute atomic E-state index is 0.0537. The first-order valence-corrected chi connectivity index (χ1v) is 8.37. The zero-order chi connectivity index (χ0) is 19.1. The number of benzene rings is 3. The van der Waals surface area contributed by atoms with Gasteiger partial charge >= 0.3 is 0 Å². The van der Waals surface area contributed by atoms with Crippen molar-refractivity contribution in [3.63, 3.8) is 0 Å². The zero-order valence-corrected chi connectivity index (χ0v) is 14.8. The number of non-ortho nitro benzene ring substituents is 1. The predicted molar refractivity (Wildman–Crippen MR) is 106 cm³/mol. The Balaban J connectivity index is 1.90. The van der Waals surface area contributed by atoms with Crippen molar-refractivity contribution in [2.45, 2.75) is 6.04 Å². The van der Waals surface area contributed by atoms with E-state index >= 15 is 0 Å². The molecule has 0 amide bonds. The maximum Gasteiger partial charge on any atom is 0.269 e. The molecule has 27 heavy (non-hydrogen) atoms. The maximum absolute atomic E-state index is 10.9. The van der Waals surface area contributed by atoms with Gasteiger partial charge in [0.25, 0.3) is 5.69 Å². The fourth-order valence-corrected chi connectivity index (χ4v) is 2.52. The third-order valence-corrected chi connectivity index (χ3v) is 3.97. The highest BCUT2D eigenvalue weighted by molar-refractivity contribution is 5.52. The van der Waals surface area contributed by atoms with Crippen LogP contribution in [0, 0.1) is 22.0 Å². The Morgan fingerprint density at radius 2 is 1.63 bits per heavy atom. The van der Waals surface area contributed by atoms with Gasteiger partial charge in [0.05, 0.1) is 12.0 Å². The molecule has 134 valence electrons. The second kappa shape index (κ2) is 8.54. The topological polar surface area (TPSA) is 64.4 Å². The van der Waals surface area contributed by atoms with E-state index in [1.165, 1.54) is 12.1 Å². The van der Waals surface area contributed by atoms with E-state index in [4.69, 9.17) is 4.74 Å². The lowest BCUT2D eigenvalue weighted by molar-refractivity contribution is -0.384. The number of hydrogen-bond acceptors (Lipinski definition) is 4. The van der Waals surface area contributed by atoms with Crippen LogP contribution in [0.15, 0.2) is 78.9 Å². The summed E-state index contributed by atoms with van der Waals surface area (Å²) in [6, 6.07) is 23.3. The molecule has 0 heterocycles. The quantitative estimate of drug-likeness (QED) is 0.404. The summed E-state index contributed by atoms with van der Waals surface area (Å²) in [6.07, 6.45) is 0. The van der Waals surface area contributed by atoms with Crippen LogP contribution in [0.5, 0.6) is 5.75 Å². The summed E-state index contributed by atoms with van der Waals surface area (Å²) in [6.45, 7) is 0. The van der Waals surface area contributed by atoms with Gasteiger partial charge in [0.15, 0.2) is 0 Å². The molecule has 0 spiro atoms. The average molecular weight is 358 g/mol. The molecule has 1 N–H and O–H groups in total. The third kappa shape index (κ3) is 4.86. The Morgan fingerprint density at radius 3 is 2.22 bits per heavy atom. The Bertz CT molecular complexity index is 956. The van der Waals surface area contributed by atoms with Gasteiger partial charge in [-0.2, -0.15) is 0 Å². The zero-order valence-electron chi connectivity index (χ0n) is 14.8. The van der Waals surface area contributed by atoms with Crippen molar-refractivity contribution in [1.82, 2.24) is 0 Å². The van der Waals surface area contributed by atoms with E-state index in [9.17, 15) is 10.1 Å². The molecule has 0 aromatic heterocycles. The van der Waals surface area contributed by atoms with Gasteiger partial charge < -0.3 is 10.1 Å². The number of ether oxygens (including phenoxy) is 1. The summed E-state index contributed by atoms with van der Waals surface area (Å²) >= 11 is 0. The number of methoxy groups -OCH3 is 1. The molecule has 3 aromatic rings. The van der Waals surface area contributed by atoms with Crippen molar-refractivity contribution in [3.05, 3.63) is 100 Å². The highest BCUT2D eigenvalue weighted by Crippen LogP contribution is 2.23. The van der Waals surface area contributed by atoms with Gasteiger partial charge in [-0.25, -0.2) is 0 Å². The van der Waals surface area contributed by atoms with E-state index in [0.717, 1.165) is 22.6 Å². The van der Waals surface area contributed by atoms with Gasteiger partial charge in [0.1, 0.15) is 11.8 Å². The van der Waals surface area contributed by atoms with Crippen LogP contribution in [0.3, 0.4) is 0 Å². The normalized spacial score (nSPS) is 11.0. The number of hydrogen-bond donors (Lipinski definition) is 1. The summed E-state index contributed by atoms with van der Waals surface area (Å²) in [5, 5.41) is 14.3. The predicted octanol–water partition coefficient (Wildman–Crippen LogP) is 4.81. The SMILES string of the molecule is COc1ccc(N[C@@H](C#Cc2ccccc2)c2ccc([N+](=O)[O-])cc2)cc1. The minimum Gasteiger partial charge on any atom is -0.497 e. The Kier molecular flexibility index (Phi) is 5.70. The number of nitrogens with one attached hydrogen (secondary N) is 1. The standard InChI is InChI=1S/C22H18N2O3/c1-27-21-14-10-19(11-15-21)23-22(16-7-17-5-3-2-4-6-17)18-8-12-20(13-9-18)24(25)26/h2-6,8-15,22-23H,1H3/t22-/m0/s1. The molecule has 0 bridgehead atoms.